The van der Waals surface area contributed by atoms with Crippen molar-refractivity contribution in [2.24, 2.45) is 5.10 Å². The molecule has 8 nitrogen and oxygen atoms in total. The molecule has 0 saturated heterocycles. The molecule has 2 aromatic carbocycles. The second kappa shape index (κ2) is 9.86. The molecule has 3 amide bonds. The first-order valence-corrected chi connectivity index (χ1v) is 8.53. The Kier molecular flexibility index (Phi) is 7.27. The molecule has 0 aliphatic rings. The lowest BCUT2D eigenvalue weighted by molar-refractivity contribution is -0.115. The number of nitrogens with one attached hydrogen (secondary N) is 3. The van der Waals surface area contributed by atoms with Crippen LogP contribution in [0.25, 0.3) is 0 Å². The molecule has 0 aromatic heterocycles. The van der Waals surface area contributed by atoms with E-state index in [0.717, 1.165) is 0 Å². The Hall–Kier alpha value is -3.68. The van der Waals surface area contributed by atoms with Crippen LogP contribution >= 0.6 is 0 Å². The number of rotatable bonds is 7. The predicted molar refractivity (Wildman–Crippen MR) is 108 cm³/mol. The predicted octanol–water partition coefficient (Wildman–Crippen LogP) is 2.79. The van der Waals surface area contributed by atoms with Gasteiger partial charge in [-0.1, -0.05) is 24.3 Å². The van der Waals surface area contributed by atoms with E-state index in [1.54, 1.807) is 55.5 Å². The fraction of sp³-hybridized carbons (Fsp3) is 0.200. The Balaban J connectivity index is 1.97. The molecule has 28 heavy (non-hydrogen) atoms. The molecular formula is C20H22N4O4. The minimum absolute atomic E-state index is 0.0272. The SMILES string of the molecule is COc1ccccc1C(=O)N/N=C(/C)CC(=O)Nc1ccccc1NC(C)=O. The number of carbonyl (C=O) groups excluding carboxylic acids is 3. The van der Waals surface area contributed by atoms with Gasteiger partial charge in [0.2, 0.25) is 11.8 Å². The third-order valence-electron chi connectivity index (χ3n) is 3.63. The maximum absolute atomic E-state index is 12.2. The van der Waals surface area contributed by atoms with Crippen LogP contribution in [-0.2, 0) is 9.59 Å². The number of hydrogen-bond donors (Lipinski definition) is 3. The summed E-state index contributed by atoms with van der Waals surface area (Å²) in [5.74, 6) is -0.572. The topological polar surface area (TPSA) is 109 Å². The third kappa shape index (κ3) is 5.94. The van der Waals surface area contributed by atoms with Crippen molar-refractivity contribution in [3.8, 4) is 5.75 Å². The molecule has 0 aliphatic heterocycles. The number of methoxy groups -OCH3 is 1. The number of para-hydroxylation sites is 3. The van der Waals surface area contributed by atoms with Gasteiger partial charge in [-0.2, -0.15) is 5.10 Å². The van der Waals surface area contributed by atoms with Crippen LogP contribution in [0.5, 0.6) is 5.75 Å². The third-order valence-corrected chi connectivity index (χ3v) is 3.63. The van der Waals surface area contributed by atoms with Crippen molar-refractivity contribution in [2.45, 2.75) is 20.3 Å². The summed E-state index contributed by atoms with van der Waals surface area (Å²) >= 11 is 0. The number of anilines is 2. The van der Waals surface area contributed by atoms with Crippen molar-refractivity contribution < 1.29 is 19.1 Å². The van der Waals surface area contributed by atoms with E-state index in [1.165, 1.54) is 14.0 Å². The summed E-state index contributed by atoms with van der Waals surface area (Å²) in [6.07, 6.45) is -0.0272. The molecular weight excluding hydrogens is 360 g/mol. The number of carbonyl (C=O) groups is 3. The molecule has 2 aromatic rings. The van der Waals surface area contributed by atoms with E-state index in [2.05, 4.69) is 21.2 Å². The molecule has 146 valence electrons. The Morgan fingerprint density at radius 2 is 1.54 bits per heavy atom. The van der Waals surface area contributed by atoms with Gasteiger partial charge in [0.1, 0.15) is 5.75 Å². The van der Waals surface area contributed by atoms with Crippen LogP contribution in [0.2, 0.25) is 0 Å². The van der Waals surface area contributed by atoms with Gasteiger partial charge >= 0.3 is 0 Å². The average molecular weight is 382 g/mol. The highest BCUT2D eigenvalue weighted by atomic mass is 16.5. The Bertz CT molecular complexity index is 909. The fourth-order valence-corrected chi connectivity index (χ4v) is 2.40. The zero-order valence-corrected chi connectivity index (χ0v) is 15.9. The van der Waals surface area contributed by atoms with Gasteiger partial charge in [-0.25, -0.2) is 5.43 Å². The number of ether oxygens (including phenoxy) is 1. The first kappa shape index (κ1) is 20.6. The van der Waals surface area contributed by atoms with E-state index in [9.17, 15) is 14.4 Å². The highest BCUT2D eigenvalue weighted by molar-refractivity contribution is 6.08. The van der Waals surface area contributed by atoms with Crippen molar-refractivity contribution in [3.05, 3.63) is 54.1 Å². The molecule has 0 atom stereocenters. The minimum Gasteiger partial charge on any atom is -0.496 e. The number of amides is 3. The maximum atomic E-state index is 12.2. The molecule has 0 fully saturated rings. The summed E-state index contributed by atoms with van der Waals surface area (Å²) in [4.78, 5) is 35.7. The maximum Gasteiger partial charge on any atom is 0.275 e. The number of benzene rings is 2. The normalized spacial score (nSPS) is 10.8. The molecule has 0 bridgehead atoms. The zero-order chi connectivity index (χ0) is 20.5. The van der Waals surface area contributed by atoms with Gasteiger partial charge in [-0.15, -0.1) is 0 Å². The summed E-state index contributed by atoms with van der Waals surface area (Å²) in [6.45, 7) is 3.02. The van der Waals surface area contributed by atoms with Crippen molar-refractivity contribution in [3.63, 3.8) is 0 Å². The van der Waals surface area contributed by atoms with Gasteiger partial charge in [-0.05, 0) is 31.2 Å². The zero-order valence-electron chi connectivity index (χ0n) is 15.9. The summed E-state index contributed by atoms with van der Waals surface area (Å²) in [7, 11) is 1.48. The summed E-state index contributed by atoms with van der Waals surface area (Å²) in [5, 5.41) is 9.32. The smallest absolute Gasteiger partial charge is 0.275 e. The van der Waals surface area contributed by atoms with E-state index < -0.39 is 5.91 Å². The quantitative estimate of drug-likeness (QED) is 0.505. The van der Waals surface area contributed by atoms with E-state index in [1.807, 2.05) is 0 Å². The molecule has 0 radical (unpaired) electrons. The van der Waals surface area contributed by atoms with Gasteiger partial charge < -0.3 is 15.4 Å². The lowest BCUT2D eigenvalue weighted by atomic mass is 10.2. The van der Waals surface area contributed by atoms with Gasteiger partial charge in [0.05, 0.1) is 30.5 Å². The second-order valence-electron chi connectivity index (χ2n) is 5.94. The van der Waals surface area contributed by atoms with Gasteiger partial charge in [0.25, 0.3) is 5.91 Å². The molecule has 0 saturated carbocycles. The van der Waals surface area contributed by atoms with Gasteiger partial charge in [0, 0.05) is 12.6 Å². The largest absolute Gasteiger partial charge is 0.496 e. The summed E-state index contributed by atoms with van der Waals surface area (Å²) in [6, 6.07) is 13.6. The van der Waals surface area contributed by atoms with E-state index in [4.69, 9.17) is 4.74 Å². The number of hydrazone groups is 1. The van der Waals surface area contributed by atoms with Crippen LogP contribution < -0.4 is 20.8 Å². The Morgan fingerprint density at radius 3 is 2.18 bits per heavy atom. The van der Waals surface area contributed by atoms with E-state index in [0.29, 0.717) is 28.4 Å². The van der Waals surface area contributed by atoms with Crippen LogP contribution in [0.15, 0.2) is 53.6 Å². The number of nitrogens with zero attached hydrogens (tertiary/aromatic N) is 1. The summed E-state index contributed by atoms with van der Waals surface area (Å²) in [5.41, 5.74) is 4.15. The highest BCUT2D eigenvalue weighted by Crippen LogP contribution is 2.21. The van der Waals surface area contributed by atoms with Crippen molar-refractivity contribution in [1.29, 1.82) is 0 Å². The Labute approximate surface area is 163 Å². The van der Waals surface area contributed by atoms with E-state index >= 15 is 0 Å². The van der Waals surface area contributed by atoms with Crippen LogP contribution in [0, 0.1) is 0 Å². The summed E-state index contributed by atoms with van der Waals surface area (Å²) < 4.78 is 5.14. The van der Waals surface area contributed by atoms with Crippen molar-refractivity contribution in [1.82, 2.24) is 5.43 Å². The van der Waals surface area contributed by atoms with Crippen molar-refractivity contribution in [2.75, 3.05) is 17.7 Å². The second-order valence-corrected chi connectivity index (χ2v) is 5.94. The van der Waals surface area contributed by atoms with Crippen LogP contribution in [-0.4, -0.2) is 30.5 Å². The lowest BCUT2D eigenvalue weighted by Gasteiger charge is -2.11. The van der Waals surface area contributed by atoms with E-state index in [-0.39, 0.29) is 18.2 Å². The molecule has 0 unspecified atom stereocenters. The van der Waals surface area contributed by atoms with Crippen LogP contribution in [0.3, 0.4) is 0 Å². The molecule has 3 N–H and O–H groups in total. The average Bonchev–Trinajstić information content (AvgIpc) is 2.67. The molecule has 0 aliphatic carbocycles. The first-order valence-electron chi connectivity index (χ1n) is 8.53. The first-order chi connectivity index (χ1) is 13.4. The molecule has 8 heteroatoms. The van der Waals surface area contributed by atoms with Gasteiger partial charge in [-0.3, -0.25) is 14.4 Å². The molecule has 0 heterocycles. The minimum atomic E-state index is -0.437. The van der Waals surface area contributed by atoms with Crippen LogP contribution in [0.1, 0.15) is 30.6 Å². The lowest BCUT2D eigenvalue weighted by Crippen LogP contribution is -2.22. The molecule has 0 spiro atoms. The standard InChI is InChI=1S/C20H22N4O4/c1-13(23-24-20(27)15-8-4-7-11-18(15)28-3)12-19(26)22-17-10-6-5-9-16(17)21-14(2)25/h4-11H,12H2,1-3H3,(H,21,25)(H,22,26)(H,24,27)/b23-13-. The Morgan fingerprint density at radius 1 is 0.929 bits per heavy atom. The molecule has 2 rings (SSSR count). The number of hydrogen-bond acceptors (Lipinski definition) is 5. The fourth-order valence-electron chi connectivity index (χ4n) is 2.40. The van der Waals surface area contributed by atoms with Crippen LogP contribution in [0.4, 0.5) is 11.4 Å². The van der Waals surface area contributed by atoms with Crippen molar-refractivity contribution >= 4 is 34.8 Å². The highest BCUT2D eigenvalue weighted by Gasteiger charge is 2.12. The monoisotopic (exact) mass is 382 g/mol. The van der Waals surface area contributed by atoms with Gasteiger partial charge in [0.15, 0.2) is 0 Å².